The fourth-order valence-electron chi connectivity index (χ4n) is 1.46. The molecular weight excluding hydrogens is 174 g/mol. The highest BCUT2D eigenvalue weighted by Crippen LogP contribution is 2.14. The molecule has 0 bridgehead atoms. The minimum atomic E-state index is 0.757. The summed E-state index contributed by atoms with van der Waals surface area (Å²) in [6.07, 6.45) is 2.76. The van der Waals surface area contributed by atoms with Crippen molar-refractivity contribution in [3.05, 3.63) is 29.2 Å². The number of aryl methyl sites for hydroxylation is 3. The second-order valence-electron chi connectivity index (χ2n) is 3.39. The van der Waals surface area contributed by atoms with Crippen molar-refractivity contribution in [3.8, 4) is 0 Å². The molecule has 3 heteroatoms. The van der Waals surface area contributed by atoms with Crippen LogP contribution in [0.25, 0.3) is 11.2 Å². The van der Waals surface area contributed by atoms with Crippen LogP contribution in [0.2, 0.25) is 0 Å². The summed E-state index contributed by atoms with van der Waals surface area (Å²) in [5.41, 5.74) is 4.86. The molecule has 3 nitrogen and oxygen atoms in total. The molecule has 0 spiro atoms. The fraction of sp³-hybridized carbons (Fsp3) is 0.364. The molecule has 0 aromatic carbocycles. The molecule has 0 aliphatic carbocycles. The molecule has 2 aromatic heterocycles. The van der Waals surface area contributed by atoms with Crippen molar-refractivity contribution in [2.75, 3.05) is 0 Å². The Morgan fingerprint density at radius 1 is 1.14 bits per heavy atom. The van der Waals surface area contributed by atoms with E-state index in [9.17, 15) is 0 Å². The van der Waals surface area contributed by atoms with Crippen LogP contribution in [-0.4, -0.2) is 15.0 Å². The lowest BCUT2D eigenvalue weighted by molar-refractivity contribution is 1.05. The standard InChI is InChI=1S/C11H13N3/c1-4-9-5-6-12-11-10(9)13-7(2)8(3)14-11/h5-6H,4H2,1-3H3. The quantitative estimate of drug-likeness (QED) is 0.687. The number of hydrogen-bond acceptors (Lipinski definition) is 3. The maximum atomic E-state index is 4.52. The normalized spacial score (nSPS) is 10.8. The van der Waals surface area contributed by atoms with E-state index in [0.717, 1.165) is 29.0 Å². The van der Waals surface area contributed by atoms with Crippen LogP contribution in [0, 0.1) is 13.8 Å². The van der Waals surface area contributed by atoms with E-state index in [2.05, 4.69) is 21.9 Å². The first-order valence-corrected chi connectivity index (χ1v) is 4.81. The minimum Gasteiger partial charge on any atom is -0.248 e. The average molecular weight is 187 g/mol. The lowest BCUT2D eigenvalue weighted by Crippen LogP contribution is -1.98. The molecule has 14 heavy (non-hydrogen) atoms. The van der Waals surface area contributed by atoms with Gasteiger partial charge < -0.3 is 0 Å². The fourth-order valence-corrected chi connectivity index (χ4v) is 1.46. The zero-order valence-corrected chi connectivity index (χ0v) is 8.70. The molecule has 0 aliphatic rings. The molecule has 0 radical (unpaired) electrons. The summed E-state index contributed by atoms with van der Waals surface area (Å²) in [6.45, 7) is 6.06. The van der Waals surface area contributed by atoms with E-state index in [4.69, 9.17) is 0 Å². The molecule has 0 amide bonds. The summed E-state index contributed by atoms with van der Waals surface area (Å²) in [5, 5.41) is 0. The predicted octanol–water partition coefficient (Wildman–Crippen LogP) is 2.20. The number of rotatable bonds is 1. The van der Waals surface area contributed by atoms with Crippen LogP contribution < -0.4 is 0 Å². The number of hydrogen-bond donors (Lipinski definition) is 0. The first kappa shape index (κ1) is 9.06. The van der Waals surface area contributed by atoms with Crippen LogP contribution in [0.4, 0.5) is 0 Å². The molecule has 0 atom stereocenters. The van der Waals surface area contributed by atoms with E-state index < -0.39 is 0 Å². The largest absolute Gasteiger partial charge is 0.248 e. The average Bonchev–Trinajstić information content (AvgIpc) is 2.19. The molecule has 0 unspecified atom stereocenters. The topological polar surface area (TPSA) is 38.7 Å². The third kappa shape index (κ3) is 1.35. The number of fused-ring (bicyclic) bond motifs is 1. The molecule has 2 aromatic rings. The maximum absolute atomic E-state index is 4.52. The lowest BCUT2D eigenvalue weighted by Gasteiger charge is -2.04. The Balaban J connectivity index is 2.81. The third-order valence-electron chi connectivity index (χ3n) is 2.45. The Morgan fingerprint density at radius 2 is 1.86 bits per heavy atom. The van der Waals surface area contributed by atoms with Crippen LogP contribution in [0.1, 0.15) is 23.9 Å². The van der Waals surface area contributed by atoms with Crippen LogP contribution in [0.15, 0.2) is 12.3 Å². The van der Waals surface area contributed by atoms with Crippen molar-refractivity contribution < 1.29 is 0 Å². The van der Waals surface area contributed by atoms with Gasteiger partial charge in [-0.2, -0.15) is 0 Å². The van der Waals surface area contributed by atoms with Gasteiger partial charge in [0, 0.05) is 6.20 Å². The molecule has 0 N–H and O–H groups in total. The van der Waals surface area contributed by atoms with Crippen LogP contribution in [0.5, 0.6) is 0 Å². The molecule has 0 fully saturated rings. The molecule has 0 saturated heterocycles. The Kier molecular flexibility index (Phi) is 2.15. The smallest absolute Gasteiger partial charge is 0.178 e. The van der Waals surface area contributed by atoms with E-state index in [1.807, 2.05) is 19.9 Å². The summed E-state index contributed by atoms with van der Waals surface area (Å²) in [7, 11) is 0. The van der Waals surface area contributed by atoms with E-state index in [0.29, 0.717) is 0 Å². The lowest BCUT2D eigenvalue weighted by atomic mass is 10.2. The van der Waals surface area contributed by atoms with Crippen molar-refractivity contribution in [2.45, 2.75) is 27.2 Å². The third-order valence-corrected chi connectivity index (χ3v) is 2.45. The van der Waals surface area contributed by atoms with Gasteiger partial charge in [0.1, 0.15) is 5.52 Å². The number of nitrogens with zero attached hydrogens (tertiary/aromatic N) is 3. The van der Waals surface area contributed by atoms with Gasteiger partial charge in [-0.05, 0) is 31.9 Å². The van der Waals surface area contributed by atoms with Crippen molar-refractivity contribution >= 4 is 11.2 Å². The van der Waals surface area contributed by atoms with Gasteiger partial charge in [-0.1, -0.05) is 6.92 Å². The molecule has 72 valence electrons. The SMILES string of the molecule is CCc1ccnc2nc(C)c(C)nc12. The van der Waals surface area contributed by atoms with Crippen molar-refractivity contribution in [2.24, 2.45) is 0 Å². The highest BCUT2D eigenvalue weighted by molar-refractivity contribution is 5.73. The number of aromatic nitrogens is 3. The summed E-state index contributed by atoms with van der Waals surface area (Å²) < 4.78 is 0. The monoisotopic (exact) mass is 187 g/mol. The van der Waals surface area contributed by atoms with Gasteiger partial charge in [-0.25, -0.2) is 15.0 Å². The van der Waals surface area contributed by atoms with Crippen LogP contribution in [-0.2, 0) is 6.42 Å². The van der Waals surface area contributed by atoms with Crippen LogP contribution >= 0.6 is 0 Å². The molecule has 0 saturated carbocycles. The van der Waals surface area contributed by atoms with Gasteiger partial charge in [-0.3, -0.25) is 0 Å². The van der Waals surface area contributed by atoms with E-state index in [1.54, 1.807) is 6.20 Å². The van der Waals surface area contributed by atoms with Gasteiger partial charge in [0.15, 0.2) is 5.65 Å². The Bertz CT molecular complexity index is 477. The highest BCUT2D eigenvalue weighted by Gasteiger charge is 2.05. The van der Waals surface area contributed by atoms with Gasteiger partial charge >= 0.3 is 0 Å². The van der Waals surface area contributed by atoms with Crippen molar-refractivity contribution in [3.63, 3.8) is 0 Å². The minimum absolute atomic E-state index is 0.757. The molecule has 0 aliphatic heterocycles. The number of pyridine rings is 1. The van der Waals surface area contributed by atoms with Gasteiger partial charge in [0.2, 0.25) is 0 Å². The Hall–Kier alpha value is -1.51. The molecular formula is C11H13N3. The summed E-state index contributed by atoms with van der Waals surface area (Å²) >= 11 is 0. The van der Waals surface area contributed by atoms with Gasteiger partial charge in [0.25, 0.3) is 0 Å². The van der Waals surface area contributed by atoms with Gasteiger partial charge in [-0.15, -0.1) is 0 Å². The summed E-state index contributed by atoms with van der Waals surface area (Å²) in [6, 6.07) is 2.01. The first-order valence-electron chi connectivity index (χ1n) is 4.81. The van der Waals surface area contributed by atoms with Crippen LogP contribution in [0.3, 0.4) is 0 Å². The van der Waals surface area contributed by atoms with E-state index >= 15 is 0 Å². The zero-order chi connectivity index (χ0) is 10.1. The predicted molar refractivity (Wildman–Crippen MR) is 56.2 cm³/mol. The second-order valence-corrected chi connectivity index (χ2v) is 3.39. The summed E-state index contributed by atoms with van der Waals surface area (Å²) in [5.74, 6) is 0. The summed E-state index contributed by atoms with van der Waals surface area (Å²) in [4.78, 5) is 13.1. The van der Waals surface area contributed by atoms with Crippen molar-refractivity contribution in [1.29, 1.82) is 0 Å². The Morgan fingerprint density at radius 3 is 2.57 bits per heavy atom. The van der Waals surface area contributed by atoms with Crippen molar-refractivity contribution in [1.82, 2.24) is 15.0 Å². The van der Waals surface area contributed by atoms with E-state index in [-0.39, 0.29) is 0 Å². The zero-order valence-electron chi connectivity index (χ0n) is 8.70. The van der Waals surface area contributed by atoms with E-state index in [1.165, 1.54) is 5.56 Å². The Labute approximate surface area is 83.2 Å². The first-order chi connectivity index (χ1) is 6.72. The maximum Gasteiger partial charge on any atom is 0.178 e. The molecule has 2 heterocycles. The molecule has 2 rings (SSSR count). The van der Waals surface area contributed by atoms with Gasteiger partial charge in [0.05, 0.1) is 11.4 Å². The second kappa shape index (κ2) is 3.33. The highest BCUT2D eigenvalue weighted by atomic mass is 14.9.